The Morgan fingerprint density at radius 2 is 1.41 bits per heavy atom. The van der Waals surface area contributed by atoms with Gasteiger partial charge in [-0.3, -0.25) is 38.6 Å². The van der Waals surface area contributed by atoms with Crippen LogP contribution in [0.5, 0.6) is 0 Å². The second kappa shape index (κ2) is 25.6. The number of amides is 6. The van der Waals surface area contributed by atoms with E-state index in [4.69, 9.17) is 9.47 Å². The van der Waals surface area contributed by atoms with Gasteiger partial charge in [0.2, 0.25) is 17.7 Å². The lowest BCUT2D eigenvalue weighted by molar-refractivity contribution is -0.140. The number of benzene rings is 3. The molecule has 0 bridgehead atoms. The molecule has 6 amide bonds. The summed E-state index contributed by atoms with van der Waals surface area (Å²) in [6.45, 7) is 10.7. The van der Waals surface area contributed by atoms with Crippen LogP contribution in [0.1, 0.15) is 148 Å². The minimum absolute atomic E-state index is 0.000463. The molecule has 18 nitrogen and oxygen atoms in total. The fourth-order valence-electron chi connectivity index (χ4n) is 12.6. The number of aromatic amines is 1. The van der Waals surface area contributed by atoms with Crippen molar-refractivity contribution in [1.82, 2.24) is 44.9 Å². The number of aromatic nitrogens is 2. The number of nitrogens with zero attached hydrogens (tertiary/aromatic N) is 7. The third kappa shape index (κ3) is 14.5. The number of likely N-dealkylation sites (tertiary alicyclic amines) is 3. The zero-order chi connectivity index (χ0) is 56.8. The predicted molar refractivity (Wildman–Crippen MR) is 303 cm³/mol. The van der Waals surface area contributed by atoms with Crippen molar-refractivity contribution in [2.45, 2.75) is 146 Å². The van der Waals surface area contributed by atoms with Gasteiger partial charge in [0.15, 0.2) is 0 Å². The van der Waals surface area contributed by atoms with Crippen molar-refractivity contribution >= 4 is 46.4 Å². The van der Waals surface area contributed by atoms with E-state index in [9.17, 15) is 33.6 Å². The maximum absolute atomic E-state index is 15.2. The zero-order valence-corrected chi connectivity index (χ0v) is 47.4. The van der Waals surface area contributed by atoms with Crippen LogP contribution < -0.4 is 10.9 Å². The molecule has 2 atom stereocenters. The van der Waals surface area contributed by atoms with Crippen LogP contribution in [0.3, 0.4) is 0 Å². The Balaban J connectivity index is 0.657. The standard InChI is InChI=1S/C62H80FN9O9/c1-62(2,3)81-61(79)72(46-19-20-46)40-55(74)71-26-10-15-45(38-71)43-13-9-14-44(37-43)57(75)64-56(42-11-5-4-6-12-42)60(78)69-29-24-48(25-30-69)80-47-22-27-67(28-23-47)39-54(73)68-31-33-70(34-32-68)59(77)51-35-41(18-21-52(51)63)36-53-49-16-7-8-17-50(49)58(76)66-65-53/h7-9,13-14,16-18,21,35,37,42,45-48,56H,4-6,10-12,15,19-20,22-34,36,38-40H2,1-3H3,(H,64,75)(H,66,76)/t45?,56-/m1/s1. The monoisotopic (exact) mass is 1110 g/mol. The molecule has 4 saturated heterocycles. The highest BCUT2D eigenvalue weighted by Crippen LogP contribution is 2.33. The number of H-pyrrole nitrogens is 1. The van der Waals surface area contributed by atoms with E-state index >= 15 is 4.39 Å². The first-order valence-electron chi connectivity index (χ1n) is 29.7. The Hall–Kier alpha value is -6.73. The lowest BCUT2D eigenvalue weighted by Crippen LogP contribution is -2.55. The molecular formula is C62H80FN9O9. The number of fused-ring (bicyclic) bond motifs is 1. The molecule has 4 aromatic rings. The van der Waals surface area contributed by atoms with Crippen molar-refractivity contribution in [2.75, 3.05) is 78.5 Å². The van der Waals surface area contributed by atoms with Gasteiger partial charge in [0.05, 0.1) is 35.4 Å². The molecule has 4 aliphatic heterocycles. The molecule has 0 radical (unpaired) electrons. The molecule has 1 aromatic heterocycles. The van der Waals surface area contributed by atoms with Gasteiger partial charge in [-0.1, -0.05) is 55.7 Å². The number of piperazine rings is 1. The van der Waals surface area contributed by atoms with Crippen molar-refractivity contribution in [1.29, 1.82) is 0 Å². The molecule has 0 spiro atoms. The molecule has 3 aromatic carbocycles. The molecule has 434 valence electrons. The van der Waals surface area contributed by atoms with Crippen molar-refractivity contribution in [2.24, 2.45) is 5.92 Å². The Labute approximate surface area is 474 Å². The van der Waals surface area contributed by atoms with Gasteiger partial charge in [-0.25, -0.2) is 14.3 Å². The van der Waals surface area contributed by atoms with Crippen molar-refractivity contribution in [3.8, 4) is 0 Å². The summed E-state index contributed by atoms with van der Waals surface area (Å²) in [5.74, 6) is -1.37. The Morgan fingerprint density at radius 3 is 2.11 bits per heavy atom. The normalized spacial score (nSPS) is 20.5. The van der Waals surface area contributed by atoms with E-state index in [-0.39, 0.29) is 77.9 Å². The van der Waals surface area contributed by atoms with E-state index in [0.717, 1.165) is 76.2 Å². The number of rotatable bonds is 15. The van der Waals surface area contributed by atoms with Crippen LogP contribution in [0, 0.1) is 11.7 Å². The van der Waals surface area contributed by atoms with E-state index in [2.05, 4.69) is 20.4 Å². The van der Waals surface area contributed by atoms with Gasteiger partial charge in [0.25, 0.3) is 17.4 Å². The molecule has 2 saturated carbocycles. The smallest absolute Gasteiger partial charge is 0.411 e. The SMILES string of the molecule is CC(C)(C)OC(=O)N(CC(=O)N1CCCC(c2cccc(C(=O)N[C@@H](C(=O)N3CCC(OC4CCN(CC(=O)N5CCN(C(=O)c6cc(Cc7n[nH]c(=O)c8ccccc78)ccc6F)CC5)CC4)CC3)C3CCCCC3)c2)C1)C1CC1. The van der Waals surface area contributed by atoms with Crippen LogP contribution in [0.4, 0.5) is 9.18 Å². The Morgan fingerprint density at radius 1 is 0.716 bits per heavy atom. The summed E-state index contributed by atoms with van der Waals surface area (Å²) in [7, 11) is 0. The van der Waals surface area contributed by atoms with Gasteiger partial charge in [-0.15, -0.1) is 0 Å². The number of piperidine rings is 3. The van der Waals surface area contributed by atoms with Crippen LogP contribution in [0.25, 0.3) is 10.8 Å². The third-order valence-electron chi connectivity index (χ3n) is 17.3. The highest BCUT2D eigenvalue weighted by molar-refractivity contribution is 5.98. The van der Waals surface area contributed by atoms with Crippen LogP contribution in [0.2, 0.25) is 0 Å². The first-order valence-corrected chi connectivity index (χ1v) is 29.7. The lowest BCUT2D eigenvalue weighted by Gasteiger charge is -2.40. The fourth-order valence-corrected chi connectivity index (χ4v) is 12.6. The average Bonchev–Trinajstić information content (AvgIpc) is 4.43. The summed E-state index contributed by atoms with van der Waals surface area (Å²) >= 11 is 0. The predicted octanol–water partition coefficient (Wildman–Crippen LogP) is 6.89. The van der Waals surface area contributed by atoms with Crippen LogP contribution in [0.15, 0.2) is 71.5 Å². The topological polar surface area (TPSA) is 198 Å². The number of hydrogen-bond acceptors (Lipinski definition) is 11. The van der Waals surface area contributed by atoms with Gasteiger partial charge in [0, 0.05) is 94.8 Å². The first-order chi connectivity index (χ1) is 39.0. The molecule has 2 N–H and O–H groups in total. The van der Waals surface area contributed by atoms with Crippen molar-refractivity contribution in [3.63, 3.8) is 0 Å². The van der Waals surface area contributed by atoms with Gasteiger partial charge in [-0.2, -0.15) is 5.10 Å². The van der Waals surface area contributed by atoms with Gasteiger partial charge < -0.3 is 34.4 Å². The summed E-state index contributed by atoms with van der Waals surface area (Å²) in [5.41, 5.74) is 1.79. The number of halogens is 1. The molecule has 81 heavy (non-hydrogen) atoms. The fraction of sp³-hybridized carbons (Fsp3) is 0.581. The Kier molecular flexibility index (Phi) is 18.2. The lowest BCUT2D eigenvalue weighted by atomic mass is 9.83. The maximum Gasteiger partial charge on any atom is 0.411 e. The number of nitrogens with one attached hydrogen (secondary N) is 2. The van der Waals surface area contributed by atoms with E-state index < -0.39 is 29.5 Å². The largest absolute Gasteiger partial charge is 0.444 e. The van der Waals surface area contributed by atoms with Gasteiger partial charge in [0.1, 0.15) is 24.0 Å². The van der Waals surface area contributed by atoms with Crippen LogP contribution in [-0.4, -0.2) is 184 Å². The zero-order valence-electron chi connectivity index (χ0n) is 47.4. The summed E-state index contributed by atoms with van der Waals surface area (Å²) in [6.07, 6.45) is 11.2. The van der Waals surface area contributed by atoms with Crippen LogP contribution in [-0.2, 0) is 30.3 Å². The van der Waals surface area contributed by atoms with Crippen molar-refractivity contribution < 1.29 is 42.6 Å². The summed E-state index contributed by atoms with van der Waals surface area (Å²) < 4.78 is 27.4. The summed E-state index contributed by atoms with van der Waals surface area (Å²) in [5, 5.41) is 11.2. The molecule has 5 heterocycles. The summed E-state index contributed by atoms with van der Waals surface area (Å²) in [6, 6.07) is 18.6. The van der Waals surface area contributed by atoms with E-state index in [0.29, 0.717) is 112 Å². The molecular weight excluding hydrogens is 1030 g/mol. The maximum atomic E-state index is 15.2. The molecule has 10 rings (SSSR count). The molecule has 19 heteroatoms. The average molecular weight is 1110 g/mol. The minimum atomic E-state index is -0.655. The third-order valence-corrected chi connectivity index (χ3v) is 17.3. The second-order valence-electron chi connectivity index (χ2n) is 24.3. The van der Waals surface area contributed by atoms with Gasteiger partial charge in [-0.05, 0) is 132 Å². The van der Waals surface area contributed by atoms with Crippen molar-refractivity contribution in [3.05, 3.63) is 111 Å². The number of carbonyl (C=O) groups excluding carboxylic acids is 6. The van der Waals surface area contributed by atoms with E-state index in [1.165, 1.54) is 6.07 Å². The number of carbonyl (C=O) groups is 6. The highest BCUT2D eigenvalue weighted by Gasteiger charge is 2.40. The summed E-state index contributed by atoms with van der Waals surface area (Å²) in [4.78, 5) is 106. The molecule has 6 aliphatic rings. The number of ether oxygens (including phenoxy) is 2. The van der Waals surface area contributed by atoms with Crippen LogP contribution >= 0.6 is 0 Å². The highest BCUT2D eigenvalue weighted by atomic mass is 19.1. The quantitative estimate of drug-likeness (QED) is 0.126. The molecule has 6 fully saturated rings. The first kappa shape index (κ1) is 57.5. The molecule has 1 unspecified atom stereocenters. The van der Waals surface area contributed by atoms with Gasteiger partial charge >= 0.3 is 6.09 Å². The Bertz CT molecular complexity index is 2990. The number of hydrogen-bond donors (Lipinski definition) is 2. The minimum Gasteiger partial charge on any atom is -0.444 e. The van der Waals surface area contributed by atoms with E-state index in [1.54, 1.807) is 45.0 Å². The second-order valence-corrected chi connectivity index (χ2v) is 24.3. The molecule has 2 aliphatic carbocycles. The van der Waals surface area contributed by atoms with E-state index in [1.807, 2.05) is 60.9 Å².